The van der Waals surface area contributed by atoms with Crippen molar-refractivity contribution in [1.29, 1.82) is 0 Å². The van der Waals surface area contributed by atoms with Gasteiger partial charge >= 0.3 is 0 Å². The van der Waals surface area contributed by atoms with E-state index in [1.807, 2.05) is 19.9 Å². The molecule has 0 radical (unpaired) electrons. The maximum Gasteiger partial charge on any atom is 0.224 e. The topological polar surface area (TPSA) is 41.1 Å². The molecule has 1 aromatic rings. The van der Waals surface area contributed by atoms with Gasteiger partial charge in [0.15, 0.2) is 0 Å². The van der Waals surface area contributed by atoms with Crippen LogP contribution < -0.4 is 10.6 Å². The molecule has 1 amide bonds. The molecule has 1 unspecified atom stereocenters. The molecule has 100 valence electrons. The van der Waals surface area contributed by atoms with Gasteiger partial charge in [-0.25, -0.2) is 4.39 Å². The van der Waals surface area contributed by atoms with Crippen molar-refractivity contribution in [2.24, 2.45) is 5.92 Å². The standard InChI is InChI=1S/C14H21FN2O/c1-3-16-10-11(2)14(18)17-8-7-12-5-4-6-13(15)9-12/h4-6,9,11,16H,3,7-8,10H2,1-2H3,(H,17,18). The van der Waals surface area contributed by atoms with Crippen molar-refractivity contribution in [3.8, 4) is 0 Å². The van der Waals surface area contributed by atoms with Crippen LogP contribution in [0.2, 0.25) is 0 Å². The Balaban J connectivity index is 2.27. The van der Waals surface area contributed by atoms with E-state index in [4.69, 9.17) is 0 Å². The predicted molar refractivity (Wildman–Crippen MR) is 70.8 cm³/mol. The summed E-state index contributed by atoms with van der Waals surface area (Å²) >= 11 is 0. The van der Waals surface area contributed by atoms with Gasteiger partial charge in [0.05, 0.1) is 0 Å². The van der Waals surface area contributed by atoms with Crippen LogP contribution in [-0.4, -0.2) is 25.5 Å². The van der Waals surface area contributed by atoms with Gasteiger partial charge in [0.2, 0.25) is 5.91 Å². The van der Waals surface area contributed by atoms with E-state index >= 15 is 0 Å². The zero-order chi connectivity index (χ0) is 13.4. The average Bonchev–Trinajstić information content (AvgIpc) is 2.35. The molecule has 0 saturated heterocycles. The Morgan fingerprint density at radius 2 is 2.22 bits per heavy atom. The molecule has 0 heterocycles. The number of carbonyl (C=O) groups excluding carboxylic acids is 1. The summed E-state index contributed by atoms with van der Waals surface area (Å²) in [5.74, 6) is -0.246. The molecule has 1 rings (SSSR count). The van der Waals surface area contributed by atoms with E-state index in [9.17, 15) is 9.18 Å². The molecular formula is C14H21FN2O. The molecule has 0 aliphatic rings. The maximum absolute atomic E-state index is 12.9. The van der Waals surface area contributed by atoms with Crippen LogP contribution in [-0.2, 0) is 11.2 Å². The second-order valence-electron chi connectivity index (χ2n) is 4.38. The van der Waals surface area contributed by atoms with Gasteiger partial charge in [-0.15, -0.1) is 0 Å². The molecule has 2 N–H and O–H groups in total. The highest BCUT2D eigenvalue weighted by Crippen LogP contribution is 2.03. The number of carbonyl (C=O) groups is 1. The molecule has 1 atom stereocenters. The second kappa shape index (κ2) is 7.82. The van der Waals surface area contributed by atoms with Crippen LogP contribution in [0.15, 0.2) is 24.3 Å². The third-order valence-electron chi connectivity index (χ3n) is 2.75. The maximum atomic E-state index is 12.9. The molecule has 3 nitrogen and oxygen atoms in total. The van der Waals surface area contributed by atoms with Crippen molar-refractivity contribution >= 4 is 5.91 Å². The summed E-state index contributed by atoms with van der Waals surface area (Å²) < 4.78 is 12.9. The SMILES string of the molecule is CCNCC(C)C(=O)NCCc1cccc(F)c1. The Labute approximate surface area is 108 Å². The lowest BCUT2D eigenvalue weighted by molar-refractivity contribution is -0.124. The van der Waals surface area contributed by atoms with E-state index < -0.39 is 0 Å². The van der Waals surface area contributed by atoms with Gasteiger partial charge in [-0.1, -0.05) is 26.0 Å². The van der Waals surface area contributed by atoms with E-state index in [1.54, 1.807) is 6.07 Å². The van der Waals surface area contributed by atoms with Crippen molar-refractivity contribution in [3.05, 3.63) is 35.6 Å². The Kier molecular flexibility index (Phi) is 6.36. The molecule has 0 bridgehead atoms. The summed E-state index contributed by atoms with van der Waals surface area (Å²) in [7, 11) is 0. The summed E-state index contributed by atoms with van der Waals surface area (Å²) in [5.41, 5.74) is 0.898. The van der Waals surface area contributed by atoms with Crippen molar-refractivity contribution in [1.82, 2.24) is 10.6 Å². The number of hydrogen-bond donors (Lipinski definition) is 2. The number of halogens is 1. The highest BCUT2D eigenvalue weighted by molar-refractivity contribution is 5.78. The lowest BCUT2D eigenvalue weighted by atomic mass is 10.1. The average molecular weight is 252 g/mol. The van der Waals surface area contributed by atoms with Gasteiger partial charge < -0.3 is 10.6 Å². The van der Waals surface area contributed by atoms with Gasteiger partial charge in [0.25, 0.3) is 0 Å². The molecule has 0 saturated carbocycles. The van der Waals surface area contributed by atoms with Crippen LogP contribution in [0.4, 0.5) is 4.39 Å². The fourth-order valence-electron chi connectivity index (χ4n) is 1.65. The highest BCUT2D eigenvalue weighted by atomic mass is 19.1. The monoisotopic (exact) mass is 252 g/mol. The Morgan fingerprint density at radius 1 is 1.44 bits per heavy atom. The fourth-order valence-corrected chi connectivity index (χ4v) is 1.65. The van der Waals surface area contributed by atoms with Gasteiger partial charge in [0, 0.05) is 19.0 Å². The molecule has 0 fully saturated rings. The summed E-state index contributed by atoms with van der Waals surface area (Å²) in [6.45, 7) is 5.98. The molecule has 0 spiro atoms. The van der Waals surface area contributed by atoms with E-state index in [1.165, 1.54) is 12.1 Å². The van der Waals surface area contributed by atoms with Crippen LogP contribution in [0.3, 0.4) is 0 Å². The highest BCUT2D eigenvalue weighted by Gasteiger charge is 2.10. The van der Waals surface area contributed by atoms with Crippen molar-refractivity contribution in [3.63, 3.8) is 0 Å². The smallest absolute Gasteiger partial charge is 0.224 e. The van der Waals surface area contributed by atoms with E-state index in [0.717, 1.165) is 12.1 Å². The first-order valence-corrected chi connectivity index (χ1v) is 6.36. The molecule has 0 aliphatic carbocycles. The first kappa shape index (κ1) is 14.6. The van der Waals surface area contributed by atoms with Crippen molar-refractivity contribution in [2.75, 3.05) is 19.6 Å². The summed E-state index contributed by atoms with van der Waals surface area (Å²) in [6, 6.07) is 6.45. The Hall–Kier alpha value is -1.42. The van der Waals surface area contributed by atoms with Crippen LogP contribution in [0.25, 0.3) is 0 Å². The lowest BCUT2D eigenvalue weighted by Gasteiger charge is -2.12. The molecule has 18 heavy (non-hydrogen) atoms. The minimum atomic E-state index is -0.237. The lowest BCUT2D eigenvalue weighted by Crippen LogP contribution is -2.36. The second-order valence-corrected chi connectivity index (χ2v) is 4.38. The summed E-state index contributed by atoms with van der Waals surface area (Å²) in [6.07, 6.45) is 0.650. The summed E-state index contributed by atoms with van der Waals surface area (Å²) in [4.78, 5) is 11.7. The number of hydrogen-bond acceptors (Lipinski definition) is 2. The first-order chi connectivity index (χ1) is 8.63. The normalized spacial score (nSPS) is 12.2. The summed E-state index contributed by atoms with van der Waals surface area (Å²) in [5, 5.41) is 5.99. The van der Waals surface area contributed by atoms with Crippen molar-refractivity contribution in [2.45, 2.75) is 20.3 Å². The van der Waals surface area contributed by atoms with Crippen molar-refractivity contribution < 1.29 is 9.18 Å². The van der Waals surface area contributed by atoms with E-state index in [0.29, 0.717) is 19.5 Å². The van der Waals surface area contributed by atoms with Crippen LogP contribution >= 0.6 is 0 Å². The fraction of sp³-hybridized carbons (Fsp3) is 0.500. The number of nitrogens with one attached hydrogen (secondary N) is 2. The molecule has 1 aromatic carbocycles. The van der Waals surface area contributed by atoms with Crippen LogP contribution in [0.1, 0.15) is 19.4 Å². The quantitative estimate of drug-likeness (QED) is 0.776. The van der Waals surface area contributed by atoms with Gasteiger partial charge in [-0.3, -0.25) is 4.79 Å². The number of rotatable bonds is 7. The third kappa shape index (κ3) is 5.27. The largest absolute Gasteiger partial charge is 0.355 e. The molecule has 0 aromatic heterocycles. The van der Waals surface area contributed by atoms with Gasteiger partial charge in [0.1, 0.15) is 5.82 Å². The molecule has 0 aliphatic heterocycles. The third-order valence-corrected chi connectivity index (χ3v) is 2.75. The minimum Gasteiger partial charge on any atom is -0.355 e. The predicted octanol–water partition coefficient (Wildman–Crippen LogP) is 1.73. The zero-order valence-corrected chi connectivity index (χ0v) is 11.0. The van der Waals surface area contributed by atoms with Gasteiger partial charge in [-0.05, 0) is 30.7 Å². The Morgan fingerprint density at radius 3 is 2.89 bits per heavy atom. The Bertz CT molecular complexity index is 382. The number of benzene rings is 1. The van der Waals surface area contributed by atoms with Crippen LogP contribution in [0, 0.1) is 11.7 Å². The zero-order valence-electron chi connectivity index (χ0n) is 11.0. The van der Waals surface area contributed by atoms with Gasteiger partial charge in [-0.2, -0.15) is 0 Å². The first-order valence-electron chi connectivity index (χ1n) is 6.36. The molecular weight excluding hydrogens is 231 g/mol. The van der Waals surface area contributed by atoms with E-state index in [2.05, 4.69) is 10.6 Å². The van der Waals surface area contributed by atoms with E-state index in [-0.39, 0.29) is 17.6 Å². The number of amides is 1. The minimum absolute atomic E-state index is 0.0346. The molecule has 4 heteroatoms. The van der Waals surface area contributed by atoms with Crippen LogP contribution in [0.5, 0.6) is 0 Å².